The van der Waals surface area contributed by atoms with Crippen molar-refractivity contribution in [3.63, 3.8) is 0 Å². The highest BCUT2D eigenvalue weighted by Gasteiger charge is 2.12. The van der Waals surface area contributed by atoms with Gasteiger partial charge in [0.15, 0.2) is 0 Å². The summed E-state index contributed by atoms with van der Waals surface area (Å²) in [5.74, 6) is 0. The van der Waals surface area contributed by atoms with Crippen LogP contribution in [0.3, 0.4) is 0 Å². The molecular formula is C17H15ClN4. The molecule has 0 radical (unpaired) electrons. The molecule has 110 valence electrons. The fourth-order valence-electron chi connectivity index (χ4n) is 2.08. The number of anilines is 1. The predicted molar refractivity (Wildman–Crippen MR) is 91.0 cm³/mol. The van der Waals surface area contributed by atoms with Gasteiger partial charge in [-0.3, -0.25) is 5.43 Å². The summed E-state index contributed by atoms with van der Waals surface area (Å²) in [7, 11) is 0. The summed E-state index contributed by atoms with van der Waals surface area (Å²) in [6.45, 7) is 1.91. The van der Waals surface area contributed by atoms with Crippen LogP contribution in [0.15, 0.2) is 65.8 Å². The summed E-state index contributed by atoms with van der Waals surface area (Å²) >= 11 is 6.43. The summed E-state index contributed by atoms with van der Waals surface area (Å²) in [5, 5.41) is 9.24. The Morgan fingerprint density at radius 1 is 1.05 bits per heavy atom. The second-order valence-corrected chi connectivity index (χ2v) is 5.13. The monoisotopic (exact) mass is 310 g/mol. The number of hydrogen-bond acceptors (Lipinski definition) is 3. The minimum absolute atomic E-state index is 0.544. The second kappa shape index (κ2) is 6.45. The highest BCUT2D eigenvalue weighted by Crippen LogP contribution is 2.22. The molecule has 1 aromatic heterocycles. The molecule has 0 fully saturated rings. The third-order valence-electron chi connectivity index (χ3n) is 3.21. The Bertz CT molecular complexity index is 779. The molecule has 3 rings (SSSR count). The Hall–Kier alpha value is -2.59. The summed E-state index contributed by atoms with van der Waals surface area (Å²) in [4.78, 5) is 0. The normalized spacial score (nSPS) is 11.0. The van der Waals surface area contributed by atoms with Gasteiger partial charge in [0.25, 0.3) is 0 Å². The quantitative estimate of drug-likeness (QED) is 0.577. The average Bonchev–Trinajstić information content (AvgIpc) is 2.85. The van der Waals surface area contributed by atoms with Crippen LogP contribution in [0.25, 0.3) is 5.69 Å². The molecule has 5 heteroatoms. The average molecular weight is 311 g/mol. The lowest BCUT2D eigenvalue weighted by Crippen LogP contribution is -1.96. The molecule has 0 saturated carbocycles. The fourth-order valence-corrected chi connectivity index (χ4v) is 2.40. The maximum absolute atomic E-state index is 6.43. The van der Waals surface area contributed by atoms with Gasteiger partial charge in [0.1, 0.15) is 5.15 Å². The number of hydrogen-bond donors (Lipinski definition) is 1. The molecule has 0 unspecified atom stereocenters. The Morgan fingerprint density at radius 3 is 2.36 bits per heavy atom. The largest absolute Gasteiger partial charge is 0.279 e. The van der Waals surface area contributed by atoms with Crippen LogP contribution in [0.5, 0.6) is 0 Å². The van der Waals surface area contributed by atoms with Crippen LogP contribution in [0.4, 0.5) is 5.69 Å². The SMILES string of the molecule is Cc1nn(-c2ccccc2)c(Cl)c1/C=N\Nc1ccccc1. The molecule has 2 aromatic carbocycles. The molecule has 4 nitrogen and oxygen atoms in total. The number of halogens is 1. The van der Waals surface area contributed by atoms with Crippen LogP contribution in [0.1, 0.15) is 11.3 Å². The highest BCUT2D eigenvalue weighted by molar-refractivity contribution is 6.32. The van der Waals surface area contributed by atoms with Crippen molar-refractivity contribution < 1.29 is 0 Å². The molecule has 0 spiro atoms. The van der Waals surface area contributed by atoms with Gasteiger partial charge in [-0.1, -0.05) is 48.0 Å². The van der Waals surface area contributed by atoms with Crippen molar-refractivity contribution in [2.24, 2.45) is 5.10 Å². The van der Waals surface area contributed by atoms with Gasteiger partial charge >= 0.3 is 0 Å². The van der Waals surface area contributed by atoms with Gasteiger partial charge in [0.2, 0.25) is 0 Å². The van der Waals surface area contributed by atoms with Crippen LogP contribution in [0, 0.1) is 6.92 Å². The summed E-state index contributed by atoms with van der Waals surface area (Å²) in [6.07, 6.45) is 1.69. The maximum Gasteiger partial charge on any atom is 0.142 e. The number of para-hydroxylation sites is 2. The lowest BCUT2D eigenvalue weighted by atomic mass is 10.3. The minimum Gasteiger partial charge on any atom is -0.279 e. The van der Waals surface area contributed by atoms with Gasteiger partial charge < -0.3 is 0 Å². The van der Waals surface area contributed by atoms with Crippen LogP contribution >= 0.6 is 11.6 Å². The first-order valence-electron chi connectivity index (χ1n) is 6.90. The van der Waals surface area contributed by atoms with Gasteiger partial charge in [-0.25, -0.2) is 4.68 Å². The van der Waals surface area contributed by atoms with Crippen molar-refractivity contribution in [2.45, 2.75) is 6.92 Å². The van der Waals surface area contributed by atoms with Crippen molar-refractivity contribution in [1.82, 2.24) is 9.78 Å². The van der Waals surface area contributed by atoms with E-state index in [1.807, 2.05) is 67.6 Å². The van der Waals surface area contributed by atoms with Gasteiger partial charge in [-0.05, 0) is 31.2 Å². The Balaban J connectivity index is 1.84. The zero-order valence-electron chi connectivity index (χ0n) is 12.1. The number of rotatable bonds is 4. The number of nitrogens with zero attached hydrogens (tertiary/aromatic N) is 3. The molecule has 0 saturated heterocycles. The van der Waals surface area contributed by atoms with E-state index in [2.05, 4.69) is 15.6 Å². The second-order valence-electron chi connectivity index (χ2n) is 4.77. The maximum atomic E-state index is 6.43. The van der Waals surface area contributed by atoms with E-state index in [1.54, 1.807) is 10.9 Å². The molecular weight excluding hydrogens is 296 g/mol. The molecule has 0 bridgehead atoms. The van der Waals surface area contributed by atoms with Crippen LogP contribution in [-0.2, 0) is 0 Å². The number of benzene rings is 2. The standard InChI is InChI=1S/C17H15ClN4/c1-13-16(12-19-20-14-8-4-2-5-9-14)17(18)22(21-13)15-10-6-3-7-11-15/h2-12,20H,1H3/b19-12-. The lowest BCUT2D eigenvalue weighted by molar-refractivity contribution is 0.863. The zero-order valence-corrected chi connectivity index (χ0v) is 12.8. The predicted octanol–water partition coefficient (Wildman–Crippen LogP) is 4.28. The first kappa shape index (κ1) is 14.4. The Morgan fingerprint density at radius 2 is 1.68 bits per heavy atom. The smallest absolute Gasteiger partial charge is 0.142 e. The van der Waals surface area contributed by atoms with Crippen molar-refractivity contribution in [3.05, 3.63) is 77.1 Å². The molecule has 0 aliphatic rings. The van der Waals surface area contributed by atoms with Crippen LogP contribution in [-0.4, -0.2) is 16.0 Å². The van der Waals surface area contributed by atoms with E-state index in [0.29, 0.717) is 5.15 Å². The molecule has 0 aliphatic heterocycles. The topological polar surface area (TPSA) is 42.2 Å². The third kappa shape index (κ3) is 3.02. The van der Waals surface area contributed by atoms with E-state index in [9.17, 15) is 0 Å². The first-order valence-corrected chi connectivity index (χ1v) is 7.28. The lowest BCUT2D eigenvalue weighted by Gasteiger charge is -2.02. The molecule has 0 atom stereocenters. The van der Waals surface area contributed by atoms with Crippen LogP contribution in [0.2, 0.25) is 5.15 Å². The Kier molecular flexibility index (Phi) is 4.21. The van der Waals surface area contributed by atoms with Crippen molar-refractivity contribution in [1.29, 1.82) is 0 Å². The third-order valence-corrected chi connectivity index (χ3v) is 3.57. The zero-order chi connectivity index (χ0) is 15.4. The molecule has 0 amide bonds. The summed E-state index contributed by atoms with van der Waals surface area (Å²) in [5.41, 5.74) is 6.44. The number of aryl methyl sites for hydroxylation is 1. The van der Waals surface area contributed by atoms with E-state index >= 15 is 0 Å². The van der Waals surface area contributed by atoms with E-state index in [-0.39, 0.29) is 0 Å². The van der Waals surface area contributed by atoms with Crippen molar-refractivity contribution >= 4 is 23.5 Å². The minimum atomic E-state index is 0.544. The van der Waals surface area contributed by atoms with Crippen molar-refractivity contribution in [3.8, 4) is 5.69 Å². The van der Waals surface area contributed by atoms with Crippen LogP contribution < -0.4 is 5.43 Å². The van der Waals surface area contributed by atoms with E-state index in [1.165, 1.54) is 0 Å². The Labute approximate surface area is 134 Å². The first-order chi connectivity index (χ1) is 10.8. The van der Waals surface area contributed by atoms with E-state index in [0.717, 1.165) is 22.6 Å². The molecule has 1 N–H and O–H groups in total. The van der Waals surface area contributed by atoms with Crippen molar-refractivity contribution in [2.75, 3.05) is 5.43 Å². The number of hydrazone groups is 1. The van der Waals surface area contributed by atoms with Gasteiger partial charge in [0, 0.05) is 0 Å². The fraction of sp³-hybridized carbons (Fsp3) is 0.0588. The number of nitrogens with one attached hydrogen (secondary N) is 1. The summed E-state index contributed by atoms with van der Waals surface area (Å²) in [6, 6.07) is 19.5. The highest BCUT2D eigenvalue weighted by atomic mass is 35.5. The summed E-state index contributed by atoms with van der Waals surface area (Å²) < 4.78 is 1.71. The van der Waals surface area contributed by atoms with Gasteiger partial charge in [-0.2, -0.15) is 10.2 Å². The van der Waals surface area contributed by atoms with E-state index in [4.69, 9.17) is 11.6 Å². The van der Waals surface area contributed by atoms with Gasteiger partial charge in [-0.15, -0.1) is 0 Å². The van der Waals surface area contributed by atoms with E-state index < -0.39 is 0 Å². The van der Waals surface area contributed by atoms with Gasteiger partial charge in [0.05, 0.1) is 28.8 Å². The number of aromatic nitrogens is 2. The molecule has 3 aromatic rings. The molecule has 0 aliphatic carbocycles. The molecule has 22 heavy (non-hydrogen) atoms. The molecule has 1 heterocycles.